The molecule has 3 heteroatoms. The van der Waals surface area contributed by atoms with Crippen molar-refractivity contribution in [3.8, 4) is 0 Å². The van der Waals surface area contributed by atoms with Crippen molar-refractivity contribution in [3.05, 3.63) is 0 Å². The molecule has 0 aromatic heterocycles. The first-order valence-corrected chi connectivity index (χ1v) is 3.52. The molecule has 0 fully saturated rings. The predicted molar refractivity (Wildman–Crippen MR) is 15.1 cm³/mol. The fourth-order valence-corrected chi connectivity index (χ4v) is 0. The molecule has 0 saturated heterocycles. The van der Waals surface area contributed by atoms with Crippen LogP contribution in [0.2, 0.25) is 3.67 Å². The summed E-state index contributed by atoms with van der Waals surface area (Å²) in [5.74, 6) is 0. The van der Waals surface area contributed by atoms with Gasteiger partial charge in [-0.05, 0) is 0 Å². The van der Waals surface area contributed by atoms with Gasteiger partial charge in [-0.15, -0.1) is 0 Å². The van der Waals surface area contributed by atoms with Gasteiger partial charge in [-0.1, -0.05) is 0 Å². The molecule has 0 bridgehead atoms. The average molecular weight is 292 g/mol. The van der Waals surface area contributed by atoms with Gasteiger partial charge in [-0.2, -0.15) is 0 Å². The predicted octanol–water partition coefficient (Wildman–Crippen LogP) is -4.63. The Balaban J connectivity index is -0.0000000450. The Hall–Kier alpha value is 1.45. The maximum absolute atomic E-state index is 2.23. The normalized spacial score (nSPS) is 6.17. The van der Waals surface area contributed by atoms with E-state index in [1.54, 1.807) is 0 Å². The summed E-state index contributed by atoms with van der Waals surface area (Å²) >= 11 is 1.35. The third kappa shape index (κ3) is 51.3. The molecule has 0 aliphatic rings. The second-order valence-corrected chi connectivity index (χ2v) is 5.30. The molecule has 0 atom stereocenters. The van der Waals surface area contributed by atoms with Crippen molar-refractivity contribution < 1.29 is 49.2 Å². The van der Waals surface area contributed by atoms with E-state index in [1.807, 2.05) is 0 Å². The molecule has 0 saturated carbocycles. The zero-order chi connectivity index (χ0) is 3.58. The van der Waals surface area contributed by atoms with Crippen LogP contribution in [-0.2, 0) is 24.4 Å². The molecule has 37 valence electrons. The first-order valence-electron chi connectivity index (χ1n) is 1.44. The van der Waals surface area contributed by atoms with Gasteiger partial charge in [0.15, 0.2) is 0 Å². The van der Waals surface area contributed by atoms with Crippen molar-refractivity contribution in [3.63, 3.8) is 0 Å². The molecular formula is C3H7Cl2Hf. The molecule has 0 heterocycles. The quantitative estimate of drug-likeness (QED) is 0.394. The van der Waals surface area contributed by atoms with E-state index in [9.17, 15) is 0 Å². The van der Waals surface area contributed by atoms with E-state index in [4.69, 9.17) is 0 Å². The maximum Gasteiger partial charge on any atom is -1.00 e. The van der Waals surface area contributed by atoms with Crippen molar-refractivity contribution in [1.82, 2.24) is 0 Å². The second kappa shape index (κ2) is 9.67. The summed E-state index contributed by atoms with van der Waals surface area (Å²) in [5, 5.41) is 0. The zero-order valence-electron chi connectivity index (χ0n) is 3.83. The number of rotatable bonds is 0. The molecule has 0 radical (unpaired) electrons. The van der Waals surface area contributed by atoms with Crippen LogP contribution in [0.3, 0.4) is 0 Å². The molecule has 6 heavy (non-hydrogen) atoms. The smallest absolute Gasteiger partial charge is 1.00 e. The van der Waals surface area contributed by atoms with Crippen molar-refractivity contribution >= 4 is 0 Å². The summed E-state index contributed by atoms with van der Waals surface area (Å²) in [6.45, 7) is 4.46. The minimum absolute atomic E-state index is 0. The van der Waals surface area contributed by atoms with E-state index in [1.165, 1.54) is 24.4 Å². The van der Waals surface area contributed by atoms with Crippen LogP contribution in [0.1, 0.15) is 13.8 Å². The van der Waals surface area contributed by atoms with Gasteiger partial charge in [-0.3, -0.25) is 0 Å². The fourth-order valence-electron chi connectivity index (χ4n) is 0. The van der Waals surface area contributed by atoms with Crippen molar-refractivity contribution in [2.75, 3.05) is 0 Å². The molecule has 0 amide bonds. The summed E-state index contributed by atoms with van der Waals surface area (Å²) < 4.78 is 0.972. The molecule has 0 aliphatic carbocycles. The number of hydrogen-bond donors (Lipinski definition) is 0. The van der Waals surface area contributed by atoms with E-state index in [0.717, 1.165) is 3.67 Å². The van der Waals surface area contributed by atoms with Crippen LogP contribution >= 0.6 is 0 Å². The van der Waals surface area contributed by atoms with Gasteiger partial charge in [0.1, 0.15) is 0 Å². The van der Waals surface area contributed by atoms with Gasteiger partial charge < -0.3 is 24.8 Å². The minimum atomic E-state index is 0. The Kier molecular flexibility index (Phi) is 25.2. The molecule has 0 rings (SSSR count). The van der Waals surface area contributed by atoms with Crippen LogP contribution in [0.5, 0.6) is 0 Å². The van der Waals surface area contributed by atoms with Crippen molar-refractivity contribution in [1.29, 1.82) is 0 Å². The second-order valence-electron chi connectivity index (χ2n) is 1.15. The van der Waals surface area contributed by atoms with Crippen molar-refractivity contribution in [2.24, 2.45) is 0 Å². The summed E-state index contributed by atoms with van der Waals surface area (Å²) in [6.07, 6.45) is 0. The molecule has 0 aromatic carbocycles. The van der Waals surface area contributed by atoms with Crippen molar-refractivity contribution in [2.45, 2.75) is 17.5 Å². The standard InChI is InChI=1S/C3H7.2ClH.Hf/c1-3-2;;;/h3H,1-2H3;2*1H;/q;;;+2/p-2. The van der Waals surface area contributed by atoms with Gasteiger partial charge in [0.25, 0.3) is 0 Å². The van der Waals surface area contributed by atoms with Gasteiger partial charge >= 0.3 is 41.9 Å². The van der Waals surface area contributed by atoms with Gasteiger partial charge in [0.05, 0.1) is 0 Å². The third-order valence-electron chi connectivity index (χ3n) is 0. The molecule has 0 N–H and O–H groups in total. The Morgan fingerprint density at radius 1 is 1.17 bits per heavy atom. The minimum Gasteiger partial charge on any atom is -1.00 e. The van der Waals surface area contributed by atoms with Crippen LogP contribution < -0.4 is 24.8 Å². The van der Waals surface area contributed by atoms with E-state index in [0.29, 0.717) is 0 Å². The Morgan fingerprint density at radius 3 is 1.17 bits per heavy atom. The Labute approximate surface area is 66.5 Å². The molecule has 0 unspecified atom stereocenters. The van der Waals surface area contributed by atoms with Gasteiger partial charge in [0.2, 0.25) is 0 Å². The first-order chi connectivity index (χ1) is 1.73. The number of hydrogen-bond acceptors (Lipinski definition) is 0. The zero-order valence-corrected chi connectivity index (χ0v) is 8.94. The first kappa shape index (κ1) is 15.7. The average Bonchev–Trinajstić information content (AvgIpc) is 0.811. The molecule has 0 nitrogen and oxygen atoms in total. The van der Waals surface area contributed by atoms with E-state index < -0.39 is 0 Å². The monoisotopic (exact) mass is 293 g/mol. The summed E-state index contributed by atoms with van der Waals surface area (Å²) in [7, 11) is 0. The maximum atomic E-state index is 2.23. The molecule has 0 spiro atoms. The van der Waals surface area contributed by atoms with E-state index >= 15 is 0 Å². The van der Waals surface area contributed by atoms with E-state index in [2.05, 4.69) is 13.8 Å². The molecule has 0 aliphatic heterocycles. The fraction of sp³-hybridized carbons (Fsp3) is 1.00. The molecular weight excluding hydrogens is 285 g/mol. The van der Waals surface area contributed by atoms with Crippen LogP contribution in [-0.4, -0.2) is 0 Å². The number of halogens is 2. The Bertz CT molecular complexity index is 13.5. The van der Waals surface area contributed by atoms with Crippen LogP contribution in [0.4, 0.5) is 0 Å². The summed E-state index contributed by atoms with van der Waals surface area (Å²) in [6, 6.07) is 0. The largest absolute Gasteiger partial charge is 1.00 e. The molecule has 0 aromatic rings. The summed E-state index contributed by atoms with van der Waals surface area (Å²) in [5.41, 5.74) is 0. The van der Waals surface area contributed by atoms with Gasteiger partial charge in [-0.25, -0.2) is 0 Å². The van der Waals surface area contributed by atoms with Crippen LogP contribution in [0.15, 0.2) is 0 Å². The van der Waals surface area contributed by atoms with Crippen LogP contribution in [0.25, 0.3) is 0 Å². The topological polar surface area (TPSA) is 0 Å². The summed E-state index contributed by atoms with van der Waals surface area (Å²) in [4.78, 5) is 0. The Morgan fingerprint density at radius 2 is 1.17 bits per heavy atom. The van der Waals surface area contributed by atoms with Crippen LogP contribution in [0, 0.1) is 0 Å². The third-order valence-corrected chi connectivity index (χ3v) is 0. The van der Waals surface area contributed by atoms with E-state index in [-0.39, 0.29) is 24.8 Å². The van der Waals surface area contributed by atoms with Gasteiger partial charge in [0, 0.05) is 0 Å². The SMILES string of the molecule is C[CH](C)[Hf+2].[Cl-].[Cl-].